The second-order valence-electron chi connectivity index (χ2n) is 5.15. The van der Waals surface area contributed by atoms with Crippen LogP contribution in [0.25, 0.3) is 0 Å². The first kappa shape index (κ1) is 14.1. The monoisotopic (exact) mass is 313 g/mol. The highest BCUT2D eigenvalue weighted by atomic mass is 79.9. The Bertz CT molecular complexity index is 379. The van der Waals surface area contributed by atoms with Crippen molar-refractivity contribution in [1.29, 1.82) is 0 Å². The van der Waals surface area contributed by atoms with E-state index in [1.54, 1.807) is 0 Å². The van der Waals surface area contributed by atoms with Gasteiger partial charge >= 0.3 is 0 Å². The number of halogens is 1. The van der Waals surface area contributed by atoms with E-state index >= 15 is 0 Å². The van der Waals surface area contributed by atoms with Crippen molar-refractivity contribution in [2.45, 2.75) is 52.5 Å². The fourth-order valence-electron chi connectivity index (χ4n) is 2.75. The Morgan fingerprint density at radius 1 is 1.39 bits per heavy atom. The molecule has 1 aromatic heterocycles. The van der Waals surface area contributed by atoms with Crippen molar-refractivity contribution in [3.8, 4) is 0 Å². The van der Waals surface area contributed by atoms with Gasteiger partial charge in [-0.15, -0.1) is 0 Å². The second-order valence-corrected chi connectivity index (χ2v) is 5.94. The fraction of sp³-hybridized carbons (Fsp3) is 0.786. The summed E-state index contributed by atoms with van der Waals surface area (Å²) < 4.78 is 3.42. The van der Waals surface area contributed by atoms with Gasteiger partial charge in [-0.1, -0.05) is 13.3 Å². The molecule has 1 unspecified atom stereocenters. The summed E-state index contributed by atoms with van der Waals surface area (Å²) in [7, 11) is 0. The van der Waals surface area contributed by atoms with Gasteiger partial charge in [0.1, 0.15) is 0 Å². The maximum absolute atomic E-state index is 4.69. The smallest absolute Gasteiger partial charge is 0.0766 e. The highest BCUT2D eigenvalue weighted by Gasteiger charge is 2.19. The van der Waals surface area contributed by atoms with Gasteiger partial charge in [0, 0.05) is 6.54 Å². The molecule has 2 heterocycles. The number of aryl methyl sites for hydroxylation is 2. The zero-order valence-electron chi connectivity index (χ0n) is 11.5. The maximum Gasteiger partial charge on any atom is 0.0766 e. The second kappa shape index (κ2) is 6.71. The predicted octanol–water partition coefficient (Wildman–Crippen LogP) is 3.16. The van der Waals surface area contributed by atoms with Crippen LogP contribution in [-0.2, 0) is 19.4 Å². The van der Waals surface area contributed by atoms with Crippen molar-refractivity contribution >= 4 is 15.9 Å². The van der Waals surface area contributed by atoms with Gasteiger partial charge in [-0.25, -0.2) is 0 Å². The van der Waals surface area contributed by atoms with Gasteiger partial charge in [-0.3, -0.25) is 4.68 Å². The average Bonchev–Trinajstić information content (AvgIpc) is 2.58. The van der Waals surface area contributed by atoms with E-state index in [0.717, 1.165) is 31.8 Å². The van der Waals surface area contributed by atoms with Crippen LogP contribution in [0.3, 0.4) is 0 Å². The summed E-state index contributed by atoms with van der Waals surface area (Å²) in [6.45, 7) is 7.65. The summed E-state index contributed by atoms with van der Waals surface area (Å²) in [4.78, 5) is 0. The molecule has 1 aromatic rings. The molecule has 18 heavy (non-hydrogen) atoms. The molecule has 0 amide bonds. The Hall–Kier alpha value is -0.350. The van der Waals surface area contributed by atoms with Crippen LogP contribution in [0.2, 0.25) is 0 Å². The molecule has 1 N–H and O–H groups in total. The molecule has 0 radical (unpaired) electrons. The van der Waals surface area contributed by atoms with E-state index in [4.69, 9.17) is 0 Å². The highest BCUT2D eigenvalue weighted by molar-refractivity contribution is 9.10. The minimum Gasteiger partial charge on any atom is -0.316 e. The van der Waals surface area contributed by atoms with Gasteiger partial charge < -0.3 is 5.32 Å². The zero-order valence-corrected chi connectivity index (χ0v) is 13.1. The summed E-state index contributed by atoms with van der Waals surface area (Å²) in [5, 5.41) is 8.24. The van der Waals surface area contributed by atoms with Crippen molar-refractivity contribution in [3.05, 3.63) is 15.9 Å². The largest absolute Gasteiger partial charge is 0.316 e. The molecule has 0 aliphatic carbocycles. The van der Waals surface area contributed by atoms with Gasteiger partial charge in [0.15, 0.2) is 0 Å². The lowest BCUT2D eigenvalue weighted by Crippen LogP contribution is -2.23. The minimum atomic E-state index is 0.760. The van der Waals surface area contributed by atoms with E-state index in [1.807, 2.05) is 0 Å². The number of hydrogen-bond donors (Lipinski definition) is 1. The maximum atomic E-state index is 4.69. The molecule has 0 bridgehead atoms. The van der Waals surface area contributed by atoms with Crippen molar-refractivity contribution < 1.29 is 0 Å². The van der Waals surface area contributed by atoms with Crippen LogP contribution >= 0.6 is 15.9 Å². The first-order chi connectivity index (χ1) is 8.76. The number of nitrogens with zero attached hydrogens (tertiary/aromatic N) is 2. The lowest BCUT2D eigenvalue weighted by Gasteiger charge is -2.15. The van der Waals surface area contributed by atoms with Crippen LogP contribution in [0.4, 0.5) is 0 Å². The quantitative estimate of drug-likeness (QED) is 0.925. The molecule has 0 spiro atoms. The van der Waals surface area contributed by atoms with Crippen LogP contribution in [-0.4, -0.2) is 22.9 Å². The van der Waals surface area contributed by atoms with E-state index < -0.39 is 0 Å². The van der Waals surface area contributed by atoms with Gasteiger partial charge in [0.25, 0.3) is 0 Å². The van der Waals surface area contributed by atoms with Crippen molar-refractivity contribution in [3.63, 3.8) is 0 Å². The molecule has 1 aliphatic heterocycles. The highest BCUT2D eigenvalue weighted by Crippen LogP contribution is 2.26. The number of nitrogens with one attached hydrogen (secondary N) is 1. The number of rotatable bonds is 4. The third-order valence-corrected chi connectivity index (χ3v) is 4.74. The molecule has 1 saturated heterocycles. The Labute approximate surface area is 118 Å². The fourth-order valence-corrected chi connectivity index (χ4v) is 3.48. The zero-order chi connectivity index (χ0) is 13.0. The Morgan fingerprint density at radius 3 is 2.94 bits per heavy atom. The van der Waals surface area contributed by atoms with Crippen LogP contribution < -0.4 is 5.32 Å². The summed E-state index contributed by atoms with van der Waals surface area (Å²) in [6, 6.07) is 0. The molecule has 102 valence electrons. The number of hydrogen-bond acceptors (Lipinski definition) is 2. The SMILES string of the molecule is CCc1nn(CC)c(CC2CCCCNC2)c1Br. The molecule has 1 atom stereocenters. The average molecular weight is 314 g/mol. The van der Waals surface area contributed by atoms with Gasteiger partial charge in [0.2, 0.25) is 0 Å². The normalized spacial score (nSPS) is 20.9. The van der Waals surface area contributed by atoms with Crippen LogP contribution in [0.1, 0.15) is 44.5 Å². The van der Waals surface area contributed by atoms with Crippen LogP contribution in [0.15, 0.2) is 4.47 Å². The third-order valence-electron chi connectivity index (χ3n) is 3.83. The lowest BCUT2D eigenvalue weighted by molar-refractivity contribution is 0.455. The van der Waals surface area contributed by atoms with E-state index in [0.29, 0.717) is 0 Å². The topological polar surface area (TPSA) is 29.9 Å². The van der Waals surface area contributed by atoms with Crippen LogP contribution in [0.5, 0.6) is 0 Å². The van der Waals surface area contributed by atoms with Gasteiger partial charge in [-0.05, 0) is 67.5 Å². The molecular weight excluding hydrogens is 290 g/mol. The molecule has 1 aliphatic rings. The Kier molecular flexibility index (Phi) is 5.25. The third kappa shape index (κ3) is 3.15. The molecule has 1 fully saturated rings. The van der Waals surface area contributed by atoms with E-state index in [2.05, 4.69) is 44.9 Å². The number of aromatic nitrogens is 2. The van der Waals surface area contributed by atoms with E-state index in [-0.39, 0.29) is 0 Å². The first-order valence-corrected chi connectivity index (χ1v) is 8.00. The van der Waals surface area contributed by atoms with Crippen molar-refractivity contribution in [1.82, 2.24) is 15.1 Å². The van der Waals surface area contributed by atoms with Crippen molar-refractivity contribution in [2.75, 3.05) is 13.1 Å². The van der Waals surface area contributed by atoms with Gasteiger partial charge in [0.05, 0.1) is 15.9 Å². The minimum absolute atomic E-state index is 0.760. The Balaban J connectivity index is 2.13. The molecular formula is C14H24BrN3. The molecule has 0 aromatic carbocycles. The standard InChI is InChI=1S/C14H24BrN3/c1-3-12-14(15)13(18(4-2)17-12)9-11-7-5-6-8-16-10-11/h11,16H,3-10H2,1-2H3. The van der Waals surface area contributed by atoms with E-state index in [1.165, 1.54) is 41.7 Å². The summed E-state index contributed by atoms with van der Waals surface area (Å²) >= 11 is 3.75. The molecule has 3 nitrogen and oxygen atoms in total. The predicted molar refractivity (Wildman–Crippen MR) is 78.9 cm³/mol. The summed E-state index contributed by atoms with van der Waals surface area (Å²) in [5.74, 6) is 0.760. The Morgan fingerprint density at radius 2 is 2.22 bits per heavy atom. The van der Waals surface area contributed by atoms with Gasteiger partial charge in [-0.2, -0.15) is 5.10 Å². The summed E-state index contributed by atoms with van der Waals surface area (Å²) in [5.41, 5.74) is 2.59. The molecule has 2 rings (SSSR count). The molecule has 0 saturated carbocycles. The van der Waals surface area contributed by atoms with E-state index in [9.17, 15) is 0 Å². The first-order valence-electron chi connectivity index (χ1n) is 7.21. The molecule has 4 heteroatoms. The lowest BCUT2D eigenvalue weighted by atomic mass is 9.97. The van der Waals surface area contributed by atoms with Crippen LogP contribution in [0, 0.1) is 5.92 Å². The summed E-state index contributed by atoms with van der Waals surface area (Å²) in [6.07, 6.45) is 6.18. The van der Waals surface area contributed by atoms with Crippen molar-refractivity contribution in [2.24, 2.45) is 5.92 Å².